The summed E-state index contributed by atoms with van der Waals surface area (Å²) in [5.74, 6) is 0.540. The first-order chi connectivity index (χ1) is 10.3. The molecule has 110 valence electrons. The van der Waals surface area contributed by atoms with Crippen LogP contribution < -0.4 is 0 Å². The zero-order valence-electron chi connectivity index (χ0n) is 11.6. The Bertz CT molecular complexity index is 570. The molecule has 0 N–H and O–H groups in total. The lowest BCUT2D eigenvalue weighted by atomic mass is 10.1. The molecule has 1 unspecified atom stereocenters. The van der Waals surface area contributed by atoms with Gasteiger partial charge in [-0.3, -0.25) is 4.90 Å². The van der Waals surface area contributed by atoms with Crippen molar-refractivity contribution in [3.8, 4) is 0 Å². The molecular formula is C15H16N2O4. The number of nitrogens with zero attached hydrogens (tertiary/aromatic N) is 2. The Morgan fingerprint density at radius 3 is 3.00 bits per heavy atom. The predicted molar refractivity (Wildman–Crippen MR) is 75.6 cm³/mol. The first kappa shape index (κ1) is 13.5. The van der Waals surface area contributed by atoms with Crippen LogP contribution in [0.25, 0.3) is 0 Å². The highest BCUT2D eigenvalue weighted by atomic mass is 16.7. The number of hydrogen-bond acceptors (Lipinski definition) is 5. The highest BCUT2D eigenvalue weighted by Gasteiger charge is 2.35. The Kier molecular flexibility index (Phi) is 3.77. The molecule has 0 aromatic heterocycles. The Morgan fingerprint density at radius 2 is 2.24 bits per heavy atom. The lowest BCUT2D eigenvalue weighted by molar-refractivity contribution is -0.0579. The lowest BCUT2D eigenvalue weighted by Gasteiger charge is -2.34. The van der Waals surface area contributed by atoms with Crippen LogP contribution in [0.1, 0.15) is 5.56 Å². The van der Waals surface area contributed by atoms with E-state index in [1.165, 1.54) is 12.0 Å². The molecule has 0 spiro atoms. The van der Waals surface area contributed by atoms with E-state index >= 15 is 0 Å². The first-order valence-corrected chi connectivity index (χ1v) is 6.72. The van der Waals surface area contributed by atoms with Gasteiger partial charge in [-0.05, 0) is 11.6 Å². The molecule has 0 radical (unpaired) electrons. The number of ether oxygens (including phenoxy) is 2. The van der Waals surface area contributed by atoms with E-state index in [1.807, 2.05) is 30.3 Å². The molecule has 21 heavy (non-hydrogen) atoms. The average molecular weight is 288 g/mol. The molecular weight excluding hydrogens is 272 g/mol. The van der Waals surface area contributed by atoms with E-state index in [4.69, 9.17) is 9.57 Å². The molecule has 2 atom stereocenters. The summed E-state index contributed by atoms with van der Waals surface area (Å²) in [7, 11) is 1.34. The van der Waals surface area contributed by atoms with E-state index < -0.39 is 6.09 Å². The van der Waals surface area contributed by atoms with Crippen LogP contribution in [0.4, 0.5) is 4.79 Å². The number of methoxy groups -OCH3 is 1. The molecule has 1 aromatic carbocycles. The standard InChI is InChI=1S/C15H16N2O4/c1-19-15(18)17-8-7-12-13(10-17)21-16-14(20-12)9-11-5-3-2-4-6-11/h2-8,12-13H,9-10H2,1H3/t12?,13-/m0/s1. The zero-order chi connectivity index (χ0) is 14.7. The van der Waals surface area contributed by atoms with Crippen LogP contribution in [0.3, 0.4) is 0 Å². The van der Waals surface area contributed by atoms with Gasteiger partial charge in [0.15, 0.2) is 12.2 Å². The Hall–Kier alpha value is -2.50. The summed E-state index contributed by atoms with van der Waals surface area (Å²) in [6.07, 6.45) is 3.05. The number of amides is 1. The van der Waals surface area contributed by atoms with Gasteiger partial charge in [0.25, 0.3) is 0 Å². The monoisotopic (exact) mass is 288 g/mol. The SMILES string of the molecule is COC(=O)N1C=CC2OC(Cc3ccccc3)=NO[C@H]2C1. The third-order valence-electron chi connectivity index (χ3n) is 3.37. The van der Waals surface area contributed by atoms with Crippen LogP contribution >= 0.6 is 0 Å². The molecule has 0 saturated heterocycles. The third-order valence-corrected chi connectivity index (χ3v) is 3.37. The van der Waals surface area contributed by atoms with Crippen molar-refractivity contribution in [2.45, 2.75) is 18.6 Å². The highest BCUT2D eigenvalue weighted by Crippen LogP contribution is 2.21. The fourth-order valence-corrected chi connectivity index (χ4v) is 2.28. The van der Waals surface area contributed by atoms with Crippen LogP contribution in [-0.2, 0) is 20.7 Å². The summed E-state index contributed by atoms with van der Waals surface area (Å²) in [6.45, 7) is 0.357. The lowest BCUT2D eigenvalue weighted by Crippen LogP contribution is -2.47. The van der Waals surface area contributed by atoms with Gasteiger partial charge in [0, 0.05) is 6.20 Å². The maximum atomic E-state index is 11.5. The smallest absolute Gasteiger partial charge is 0.413 e. The molecule has 0 aliphatic carbocycles. The van der Waals surface area contributed by atoms with Crippen LogP contribution in [0.15, 0.2) is 47.8 Å². The predicted octanol–water partition coefficient (Wildman–Crippen LogP) is 1.92. The van der Waals surface area contributed by atoms with Gasteiger partial charge in [0.2, 0.25) is 5.90 Å². The normalized spacial score (nSPS) is 23.5. The molecule has 2 heterocycles. The van der Waals surface area contributed by atoms with Gasteiger partial charge in [0.05, 0.1) is 20.1 Å². The molecule has 2 aliphatic heterocycles. The van der Waals surface area contributed by atoms with E-state index in [2.05, 4.69) is 9.89 Å². The van der Waals surface area contributed by atoms with Gasteiger partial charge < -0.3 is 14.3 Å². The van der Waals surface area contributed by atoms with E-state index in [1.54, 1.807) is 12.3 Å². The van der Waals surface area contributed by atoms with Gasteiger partial charge in [0.1, 0.15) is 0 Å². The fraction of sp³-hybridized carbons (Fsp3) is 0.333. The second-order valence-corrected chi connectivity index (χ2v) is 4.84. The van der Waals surface area contributed by atoms with Crippen molar-refractivity contribution < 1.29 is 19.1 Å². The Morgan fingerprint density at radius 1 is 1.43 bits per heavy atom. The molecule has 6 nitrogen and oxygen atoms in total. The summed E-state index contributed by atoms with van der Waals surface area (Å²) in [5.41, 5.74) is 1.11. The topological polar surface area (TPSA) is 60.4 Å². The molecule has 1 aromatic rings. The summed E-state index contributed by atoms with van der Waals surface area (Å²) in [5, 5.41) is 4.01. The van der Waals surface area contributed by atoms with Crippen molar-refractivity contribution in [2.24, 2.45) is 5.16 Å². The summed E-state index contributed by atoms with van der Waals surface area (Å²) >= 11 is 0. The van der Waals surface area contributed by atoms with Crippen molar-refractivity contribution in [1.82, 2.24) is 4.90 Å². The largest absolute Gasteiger partial charge is 0.467 e. The minimum atomic E-state index is -0.424. The van der Waals surface area contributed by atoms with E-state index in [9.17, 15) is 4.79 Å². The van der Waals surface area contributed by atoms with Crippen LogP contribution in [-0.4, -0.2) is 42.8 Å². The van der Waals surface area contributed by atoms with Crippen molar-refractivity contribution in [2.75, 3.05) is 13.7 Å². The number of oxime groups is 1. The minimum absolute atomic E-state index is 0.234. The molecule has 2 aliphatic rings. The Labute approximate surface area is 122 Å². The first-order valence-electron chi connectivity index (χ1n) is 6.72. The number of fused-ring (bicyclic) bond motifs is 1. The molecule has 3 rings (SSSR count). The van der Waals surface area contributed by atoms with E-state index in [0.717, 1.165) is 5.56 Å². The average Bonchev–Trinajstić information content (AvgIpc) is 2.54. The number of benzene rings is 1. The van der Waals surface area contributed by atoms with Crippen molar-refractivity contribution in [3.05, 3.63) is 48.2 Å². The van der Waals surface area contributed by atoms with E-state index in [-0.39, 0.29) is 12.2 Å². The zero-order valence-corrected chi connectivity index (χ0v) is 11.6. The van der Waals surface area contributed by atoms with Crippen LogP contribution in [0.5, 0.6) is 0 Å². The maximum Gasteiger partial charge on any atom is 0.413 e. The molecule has 0 bridgehead atoms. The maximum absolute atomic E-state index is 11.5. The number of carbonyl (C=O) groups excluding carboxylic acids is 1. The second-order valence-electron chi connectivity index (χ2n) is 4.84. The molecule has 0 saturated carbocycles. The van der Waals surface area contributed by atoms with Crippen LogP contribution in [0, 0.1) is 0 Å². The molecule has 1 amide bonds. The van der Waals surface area contributed by atoms with Gasteiger partial charge in [-0.1, -0.05) is 35.5 Å². The summed E-state index contributed by atoms with van der Waals surface area (Å²) < 4.78 is 10.5. The number of hydrogen-bond donors (Lipinski definition) is 0. The second kappa shape index (κ2) is 5.87. The molecule has 6 heteroatoms. The van der Waals surface area contributed by atoms with Gasteiger partial charge in [-0.25, -0.2) is 4.79 Å². The van der Waals surface area contributed by atoms with E-state index in [0.29, 0.717) is 18.9 Å². The third kappa shape index (κ3) is 2.99. The highest BCUT2D eigenvalue weighted by molar-refractivity contribution is 5.79. The van der Waals surface area contributed by atoms with Gasteiger partial charge in [-0.2, -0.15) is 0 Å². The Balaban J connectivity index is 1.64. The van der Waals surface area contributed by atoms with Crippen molar-refractivity contribution in [3.63, 3.8) is 0 Å². The number of carbonyl (C=O) groups is 1. The molecule has 0 fully saturated rings. The fourth-order valence-electron chi connectivity index (χ4n) is 2.28. The summed E-state index contributed by atoms with van der Waals surface area (Å²) in [6, 6.07) is 9.92. The minimum Gasteiger partial charge on any atom is -0.467 e. The van der Waals surface area contributed by atoms with Gasteiger partial charge >= 0.3 is 6.09 Å². The summed E-state index contributed by atoms with van der Waals surface area (Å²) in [4.78, 5) is 18.4. The quantitative estimate of drug-likeness (QED) is 0.834. The van der Waals surface area contributed by atoms with Crippen molar-refractivity contribution >= 4 is 12.0 Å². The number of rotatable bonds is 2. The van der Waals surface area contributed by atoms with Gasteiger partial charge in [-0.15, -0.1) is 0 Å². The van der Waals surface area contributed by atoms with Crippen LogP contribution in [0.2, 0.25) is 0 Å². The van der Waals surface area contributed by atoms with Crippen molar-refractivity contribution in [1.29, 1.82) is 0 Å².